The van der Waals surface area contributed by atoms with Gasteiger partial charge < -0.3 is 28.8 Å². The Bertz CT molecular complexity index is 711. The van der Waals surface area contributed by atoms with Gasteiger partial charge in [-0.05, 0) is 82.5 Å². The quantitative estimate of drug-likeness (QED) is 0.126. The van der Waals surface area contributed by atoms with E-state index in [2.05, 4.69) is 31.2 Å². The summed E-state index contributed by atoms with van der Waals surface area (Å²) >= 11 is 0. The highest BCUT2D eigenvalue weighted by Gasteiger charge is 2.43. The number of aliphatic hydroxyl groups is 1. The number of ether oxygens (including phenoxy) is 5. The minimum Gasteiger partial charge on any atom is -0.469 e. The van der Waals surface area contributed by atoms with Gasteiger partial charge in [-0.1, -0.05) is 50.5 Å². The zero-order valence-electron chi connectivity index (χ0n) is 24.5. The van der Waals surface area contributed by atoms with Crippen molar-refractivity contribution in [1.82, 2.24) is 0 Å². The fourth-order valence-corrected chi connectivity index (χ4v) is 6.11. The first-order valence-corrected chi connectivity index (χ1v) is 15.7. The lowest BCUT2D eigenvalue weighted by Gasteiger charge is -2.30. The maximum absolute atomic E-state index is 11.4. The molecule has 2 unspecified atom stereocenters. The SMILES string of the molecule is CCCCC[C@@H](C=C[C@@H]1[C@@H](CC=CCCCC(=O)OC)[C@@H](CO)C[C@H]1OC1CCCCO1)OC1CCCCO1. The number of carbonyl (C=O) groups is 1. The molecule has 0 aromatic carbocycles. The Kier molecular flexibility index (Phi) is 15.7. The molecular formula is C32H54O7. The van der Waals surface area contributed by atoms with Crippen LogP contribution in [0.4, 0.5) is 0 Å². The lowest BCUT2D eigenvalue weighted by molar-refractivity contribution is -0.193. The molecule has 0 amide bonds. The van der Waals surface area contributed by atoms with Crippen LogP contribution < -0.4 is 0 Å². The van der Waals surface area contributed by atoms with Crippen molar-refractivity contribution in [2.75, 3.05) is 26.9 Å². The second-order valence-corrected chi connectivity index (χ2v) is 11.4. The minimum absolute atomic E-state index is 0.0152. The van der Waals surface area contributed by atoms with Crippen LogP contribution in [0.2, 0.25) is 0 Å². The first kappa shape index (κ1) is 32.3. The molecule has 3 aliphatic rings. The molecule has 1 saturated carbocycles. The van der Waals surface area contributed by atoms with Crippen LogP contribution in [0.25, 0.3) is 0 Å². The van der Waals surface area contributed by atoms with E-state index in [1.807, 2.05) is 0 Å². The molecule has 1 aliphatic carbocycles. The van der Waals surface area contributed by atoms with Gasteiger partial charge in [0.1, 0.15) is 0 Å². The molecule has 2 aliphatic heterocycles. The van der Waals surface area contributed by atoms with Gasteiger partial charge in [0.25, 0.3) is 0 Å². The number of methoxy groups -OCH3 is 1. The number of hydrogen-bond acceptors (Lipinski definition) is 7. The number of rotatable bonds is 17. The lowest BCUT2D eigenvalue weighted by Crippen LogP contribution is -2.31. The van der Waals surface area contributed by atoms with Crippen LogP contribution in [0, 0.1) is 17.8 Å². The van der Waals surface area contributed by atoms with E-state index in [4.69, 9.17) is 23.7 Å². The average molecular weight is 551 g/mol. The molecule has 0 aromatic rings. The van der Waals surface area contributed by atoms with E-state index < -0.39 is 0 Å². The summed E-state index contributed by atoms with van der Waals surface area (Å²) in [6.07, 6.45) is 23.4. The van der Waals surface area contributed by atoms with E-state index in [1.165, 1.54) is 20.0 Å². The lowest BCUT2D eigenvalue weighted by atomic mass is 9.85. The third kappa shape index (κ3) is 11.6. The van der Waals surface area contributed by atoms with Gasteiger partial charge in [-0.3, -0.25) is 4.79 Å². The first-order valence-electron chi connectivity index (χ1n) is 15.7. The topological polar surface area (TPSA) is 83.5 Å². The van der Waals surface area contributed by atoms with Crippen LogP contribution >= 0.6 is 0 Å². The normalized spacial score (nSPS) is 30.7. The van der Waals surface area contributed by atoms with Crippen molar-refractivity contribution in [3.8, 4) is 0 Å². The molecule has 7 atom stereocenters. The molecule has 0 aromatic heterocycles. The Morgan fingerprint density at radius 1 is 1.03 bits per heavy atom. The van der Waals surface area contributed by atoms with Gasteiger partial charge in [-0.2, -0.15) is 0 Å². The van der Waals surface area contributed by atoms with E-state index in [9.17, 15) is 9.90 Å². The van der Waals surface area contributed by atoms with Gasteiger partial charge in [0, 0.05) is 32.2 Å². The zero-order chi connectivity index (χ0) is 27.7. The molecule has 2 heterocycles. The smallest absolute Gasteiger partial charge is 0.305 e. The number of unbranched alkanes of at least 4 members (excludes halogenated alkanes) is 3. The van der Waals surface area contributed by atoms with Crippen molar-refractivity contribution in [3.05, 3.63) is 24.3 Å². The monoisotopic (exact) mass is 550 g/mol. The molecule has 3 rings (SSSR count). The maximum Gasteiger partial charge on any atom is 0.305 e. The third-order valence-corrected chi connectivity index (χ3v) is 8.42. The summed E-state index contributed by atoms with van der Waals surface area (Å²) in [6, 6.07) is 0. The van der Waals surface area contributed by atoms with Crippen molar-refractivity contribution in [1.29, 1.82) is 0 Å². The van der Waals surface area contributed by atoms with Crippen LogP contribution in [-0.4, -0.2) is 62.8 Å². The predicted molar refractivity (Wildman–Crippen MR) is 152 cm³/mol. The van der Waals surface area contributed by atoms with Crippen LogP contribution in [-0.2, 0) is 28.5 Å². The molecule has 0 spiro atoms. The van der Waals surface area contributed by atoms with Gasteiger partial charge in [-0.25, -0.2) is 0 Å². The highest BCUT2D eigenvalue weighted by atomic mass is 16.7. The van der Waals surface area contributed by atoms with E-state index in [-0.39, 0.29) is 55.1 Å². The summed E-state index contributed by atoms with van der Waals surface area (Å²) in [6.45, 7) is 3.92. The Labute approximate surface area is 236 Å². The molecular weight excluding hydrogens is 496 g/mol. The van der Waals surface area contributed by atoms with Crippen LogP contribution in [0.3, 0.4) is 0 Å². The Balaban J connectivity index is 1.69. The van der Waals surface area contributed by atoms with E-state index in [0.717, 1.165) is 90.3 Å². The second kappa shape index (κ2) is 19.0. The third-order valence-electron chi connectivity index (χ3n) is 8.42. The number of esters is 1. The van der Waals surface area contributed by atoms with Crippen LogP contribution in [0.5, 0.6) is 0 Å². The van der Waals surface area contributed by atoms with Crippen molar-refractivity contribution >= 4 is 5.97 Å². The maximum atomic E-state index is 11.4. The fraction of sp³-hybridized carbons (Fsp3) is 0.844. The highest BCUT2D eigenvalue weighted by molar-refractivity contribution is 5.69. The largest absolute Gasteiger partial charge is 0.469 e. The van der Waals surface area contributed by atoms with Crippen molar-refractivity contribution in [3.63, 3.8) is 0 Å². The molecule has 0 bridgehead atoms. The van der Waals surface area contributed by atoms with E-state index in [0.29, 0.717) is 6.42 Å². The summed E-state index contributed by atoms with van der Waals surface area (Å²) in [5.74, 6) is 0.467. The van der Waals surface area contributed by atoms with Crippen molar-refractivity contribution in [2.24, 2.45) is 17.8 Å². The summed E-state index contributed by atoms with van der Waals surface area (Å²) < 4.78 is 29.6. The Hall–Kier alpha value is -1.25. The van der Waals surface area contributed by atoms with Crippen LogP contribution in [0.15, 0.2) is 24.3 Å². The standard InChI is InChI=1S/C32H54O7/c1-3-4-7-14-26(38-31-17-10-12-21-36-31)19-20-28-27(15-8-5-6-9-16-30(34)35-2)25(24-33)23-29(28)39-32-18-11-13-22-37-32/h5,8,19-20,25-29,31-33H,3-4,6-7,9-18,21-24H2,1-2H3/t25-,26+,27+,28-,29-,31?,32?/m1/s1. The molecule has 224 valence electrons. The van der Waals surface area contributed by atoms with Gasteiger partial charge in [-0.15, -0.1) is 0 Å². The van der Waals surface area contributed by atoms with E-state index in [1.54, 1.807) is 0 Å². The fourth-order valence-electron chi connectivity index (χ4n) is 6.11. The number of carbonyl (C=O) groups excluding carboxylic acids is 1. The molecule has 39 heavy (non-hydrogen) atoms. The summed E-state index contributed by atoms with van der Waals surface area (Å²) in [7, 11) is 1.43. The zero-order valence-corrected chi connectivity index (χ0v) is 24.5. The number of hydrogen-bond donors (Lipinski definition) is 1. The van der Waals surface area contributed by atoms with Crippen molar-refractivity contribution in [2.45, 2.75) is 128 Å². The Morgan fingerprint density at radius 2 is 1.79 bits per heavy atom. The molecule has 2 saturated heterocycles. The molecule has 7 heteroatoms. The molecule has 7 nitrogen and oxygen atoms in total. The summed E-state index contributed by atoms with van der Waals surface area (Å²) in [5, 5.41) is 10.3. The summed E-state index contributed by atoms with van der Waals surface area (Å²) in [5.41, 5.74) is 0. The molecule has 0 radical (unpaired) electrons. The second-order valence-electron chi connectivity index (χ2n) is 11.4. The van der Waals surface area contributed by atoms with Gasteiger partial charge in [0.2, 0.25) is 0 Å². The number of aliphatic hydroxyl groups excluding tert-OH is 1. The number of allylic oxidation sites excluding steroid dienone is 2. The predicted octanol–water partition coefficient (Wildman–Crippen LogP) is 6.48. The van der Waals surface area contributed by atoms with Crippen molar-refractivity contribution < 1.29 is 33.6 Å². The first-order chi connectivity index (χ1) is 19.1. The van der Waals surface area contributed by atoms with Gasteiger partial charge in [0.15, 0.2) is 12.6 Å². The minimum atomic E-state index is -0.163. The summed E-state index contributed by atoms with van der Waals surface area (Å²) in [4.78, 5) is 11.4. The molecule has 3 fully saturated rings. The van der Waals surface area contributed by atoms with Gasteiger partial charge in [0.05, 0.1) is 19.3 Å². The Morgan fingerprint density at radius 3 is 2.46 bits per heavy atom. The highest BCUT2D eigenvalue weighted by Crippen LogP contribution is 2.43. The molecule has 1 N–H and O–H groups in total. The van der Waals surface area contributed by atoms with Crippen LogP contribution in [0.1, 0.15) is 103 Å². The average Bonchev–Trinajstić information content (AvgIpc) is 3.30. The van der Waals surface area contributed by atoms with Gasteiger partial charge >= 0.3 is 5.97 Å². The van der Waals surface area contributed by atoms with E-state index >= 15 is 0 Å².